The van der Waals surface area contributed by atoms with Crippen LogP contribution in [-0.2, 0) is 4.74 Å². The number of esters is 1. The standard InChI is InChI=1S/C9H8BrF2NO2/c1-2-15-9(14)6-3-5(10)4-13-7(6)8(11)12/h3-4,8H,2H2,1H3. The van der Waals surface area contributed by atoms with Crippen molar-refractivity contribution >= 4 is 21.9 Å². The average molecular weight is 280 g/mol. The van der Waals surface area contributed by atoms with Crippen molar-refractivity contribution in [3.05, 3.63) is 28.0 Å². The number of alkyl halides is 2. The molecule has 0 fully saturated rings. The molecule has 0 radical (unpaired) electrons. The van der Waals surface area contributed by atoms with Crippen LogP contribution in [0.1, 0.15) is 29.4 Å². The monoisotopic (exact) mass is 279 g/mol. The van der Waals surface area contributed by atoms with Crippen LogP contribution >= 0.6 is 15.9 Å². The molecular formula is C9H8BrF2NO2. The number of carbonyl (C=O) groups is 1. The van der Waals surface area contributed by atoms with Crippen molar-refractivity contribution in [1.82, 2.24) is 4.98 Å². The molecule has 0 atom stereocenters. The molecule has 0 aliphatic carbocycles. The van der Waals surface area contributed by atoms with Gasteiger partial charge in [0.05, 0.1) is 12.2 Å². The van der Waals surface area contributed by atoms with Gasteiger partial charge in [0.15, 0.2) is 0 Å². The van der Waals surface area contributed by atoms with Gasteiger partial charge in [0.25, 0.3) is 6.43 Å². The minimum atomic E-state index is -2.79. The van der Waals surface area contributed by atoms with Crippen molar-refractivity contribution < 1.29 is 18.3 Å². The Morgan fingerprint density at radius 2 is 2.33 bits per heavy atom. The summed E-state index contributed by atoms with van der Waals surface area (Å²) in [6, 6.07) is 1.27. The number of hydrogen-bond acceptors (Lipinski definition) is 3. The molecule has 0 bridgehead atoms. The zero-order valence-electron chi connectivity index (χ0n) is 7.84. The van der Waals surface area contributed by atoms with Crippen LogP contribution in [0.25, 0.3) is 0 Å². The van der Waals surface area contributed by atoms with E-state index in [1.807, 2.05) is 0 Å². The van der Waals surface area contributed by atoms with Crippen LogP contribution in [0.4, 0.5) is 8.78 Å². The molecule has 82 valence electrons. The Morgan fingerprint density at radius 1 is 1.67 bits per heavy atom. The molecule has 1 aromatic rings. The first-order chi connectivity index (χ1) is 7.06. The van der Waals surface area contributed by atoms with E-state index in [4.69, 9.17) is 0 Å². The van der Waals surface area contributed by atoms with Gasteiger partial charge in [-0.3, -0.25) is 4.98 Å². The van der Waals surface area contributed by atoms with Crippen LogP contribution in [0.15, 0.2) is 16.7 Å². The third-order valence-corrected chi connectivity index (χ3v) is 2.02. The van der Waals surface area contributed by atoms with Crippen LogP contribution < -0.4 is 0 Å². The van der Waals surface area contributed by atoms with E-state index < -0.39 is 18.1 Å². The number of hydrogen-bond donors (Lipinski definition) is 0. The molecule has 0 saturated heterocycles. The first-order valence-electron chi connectivity index (χ1n) is 4.17. The SMILES string of the molecule is CCOC(=O)c1cc(Br)cnc1C(F)F. The molecule has 0 aliphatic heterocycles. The normalized spacial score (nSPS) is 10.5. The lowest BCUT2D eigenvalue weighted by molar-refractivity contribution is 0.0513. The number of halogens is 3. The van der Waals surface area contributed by atoms with Gasteiger partial charge in [-0.1, -0.05) is 0 Å². The van der Waals surface area contributed by atoms with Crippen molar-refractivity contribution in [3.8, 4) is 0 Å². The highest BCUT2D eigenvalue weighted by molar-refractivity contribution is 9.10. The summed E-state index contributed by atoms with van der Waals surface area (Å²) in [5.41, 5.74) is -0.766. The van der Waals surface area contributed by atoms with Gasteiger partial charge in [-0.05, 0) is 28.9 Å². The lowest BCUT2D eigenvalue weighted by Crippen LogP contribution is -2.10. The number of pyridine rings is 1. The van der Waals surface area contributed by atoms with E-state index >= 15 is 0 Å². The van der Waals surface area contributed by atoms with E-state index in [2.05, 4.69) is 25.7 Å². The van der Waals surface area contributed by atoms with Gasteiger partial charge in [0.2, 0.25) is 0 Å². The number of ether oxygens (including phenoxy) is 1. The summed E-state index contributed by atoms with van der Waals surface area (Å²) in [5, 5.41) is 0. The molecule has 3 nitrogen and oxygen atoms in total. The summed E-state index contributed by atoms with van der Waals surface area (Å²) in [7, 11) is 0. The molecule has 1 heterocycles. The summed E-state index contributed by atoms with van der Waals surface area (Å²) in [6.07, 6.45) is -1.58. The molecule has 0 N–H and O–H groups in total. The predicted molar refractivity (Wildman–Crippen MR) is 52.9 cm³/mol. The van der Waals surface area contributed by atoms with E-state index in [-0.39, 0.29) is 12.2 Å². The van der Waals surface area contributed by atoms with Crippen molar-refractivity contribution in [1.29, 1.82) is 0 Å². The molecule has 0 amide bonds. The van der Waals surface area contributed by atoms with E-state index in [0.29, 0.717) is 4.47 Å². The molecule has 0 aromatic carbocycles. The van der Waals surface area contributed by atoms with Gasteiger partial charge < -0.3 is 4.74 Å². The fourth-order valence-electron chi connectivity index (χ4n) is 0.996. The van der Waals surface area contributed by atoms with Crippen LogP contribution in [0.3, 0.4) is 0 Å². The fourth-order valence-corrected chi connectivity index (χ4v) is 1.33. The molecule has 0 saturated carbocycles. The number of nitrogens with zero attached hydrogens (tertiary/aromatic N) is 1. The number of carbonyl (C=O) groups excluding carboxylic acids is 1. The molecule has 1 aromatic heterocycles. The van der Waals surface area contributed by atoms with Crippen LogP contribution in [0, 0.1) is 0 Å². The molecule has 0 unspecified atom stereocenters. The summed E-state index contributed by atoms with van der Waals surface area (Å²) >= 11 is 3.05. The second-order valence-electron chi connectivity index (χ2n) is 2.61. The van der Waals surface area contributed by atoms with Gasteiger partial charge in [-0.2, -0.15) is 0 Å². The topological polar surface area (TPSA) is 39.2 Å². The second-order valence-corrected chi connectivity index (χ2v) is 3.52. The van der Waals surface area contributed by atoms with E-state index in [1.165, 1.54) is 12.3 Å². The lowest BCUT2D eigenvalue weighted by Gasteiger charge is -2.07. The highest BCUT2D eigenvalue weighted by Gasteiger charge is 2.21. The predicted octanol–water partition coefficient (Wildman–Crippen LogP) is 2.96. The molecule has 0 spiro atoms. The first kappa shape index (κ1) is 12.0. The van der Waals surface area contributed by atoms with Crippen molar-refractivity contribution in [2.75, 3.05) is 6.61 Å². The Morgan fingerprint density at radius 3 is 2.87 bits per heavy atom. The molecule has 15 heavy (non-hydrogen) atoms. The fraction of sp³-hybridized carbons (Fsp3) is 0.333. The third kappa shape index (κ3) is 2.95. The molecule has 0 aliphatic rings. The number of rotatable bonds is 3. The maximum absolute atomic E-state index is 12.5. The smallest absolute Gasteiger partial charge is 0.340 e. The summed E-state index contributed by atoms with van der Waals surface area (Å²) in [5.74, 6) is -0.790. The van der Waals surface area contributed by atoms with Crippen LogP contribution in [0.5, 0.6) is 0 Å². The highest BCUT2D eigenvalue weighted by atomic mass is 79.9. The third-order valence-electron chi connectivity index (χ3n) is 1.59. The Bertz CT molecular complexity index is 371. The van der Waals surface area contributed by atoms with Gasteiger partial charge in [0, 0.05) is 10.7 Å². The highest BCUT2D eigenvalue weighted by Crippen LogP contribution is 2.23. The zero-order valence-corrected chi connectivity index (χ0v) is 9.42. The Balaban J connectivity index is 3.12. The Labute approximate surface area is 93.6 Å². The largest absolute Gasteiger partial charge is 0.462 e. The van der Waals surface area contributed by atoms with Gasteiger partial charge in [0.1, 0.15) is 5.69 Å². The van der Waals surface area contributed by atoms with Gasteiger partial charge in [-0.15, -0.1) is 0 Å². The van der Waals surface area contributed by atoms with E-state index in [9.17, 15) is 13.6 Å². The molecule has 6 heteroatoms. The Kier molecular flexibility index (Phi) is 4.14. The number of aromatic nitrogens is 1. The maximum atomic E-state index is 12.5. The second kappa shape index (κ2) is 5.16. The lowest BCUT2D eigenvalue weighted by atomic mass is 10.2. The molecule has 1 rings (SSSR count). The molecular weight excluding hydrogens is 272 g/mol. The van der Waals surface area contributed by atoms with Crippen molar-refractivity contribution in [2.24, 2.45) is 0 Å². The van der Waals surface area contributed by atoms with Crippen molar-refractivity contribution in [2.45, 2.75) is 13.3 Å². The summed E-state index contributed by atoms with van der Waals surface area (Å²) < 4.78 is 30.0. The average Bonchev–Trinajstić information content (AvgIpc) is 2.17. The van der Waals surface area contributed by atoms with Crippen LogP contribution in [-0.4, -0.2) is 17.6 Å². The minimum absolute atomic E-state index is 0.133. The van der Waals surface area contributed by atoms with E-state index in [1.54, 1.807) is 6.92 Å². The van der Waals surface area contributed by atoms with E-state index in [0.717, 1.165) is 0 Å². The van der Waals surface area contributed by atoms with Gasteiger partial charge in [-0.25, -0.2) is 13.6 Å². The van der Waals surface area contributed by atoms with Crippen molar-refractivity contribution in [3.63, 3.8) is 0 Å². The maximum Gasteiger partial charge on any atom is 0.340 e. The minimum Gasteiger partial charge on any atom is -0.462 e. The van der Waals surface area contributed by atoms with Crippen LogP contribution in [0.2, 0.25) is 0 Å². The van der Waals surface area contributed by atoms with Gasteiger partial charge >= 0.3 is 5.97 Å². The Hall–Kier alpha value is -1.04. The summed E-state index contributed by atoms with van der Waals surface area (Å²) in [6.45, 7) is 1.74. The zero-order chi connectivity index (χ0) is 11.4. The first-order valence-corrected chi connectivity index (χ1v) is 4.96. The summed E-state index contributed by atoms with van der Waals surface area (Å²) in [4.78, 5) is 14.8. The quantitative estimate of drug-likeness (QED) is 0.799.